The van der Waals surface area contributed by atoms with E-state index in [1.54, 1.807) is 25.2 Å². The highest BCUT2D eigenvalue weighted by atomic mass is 16.5. The quantitative estimate of drug-likeness (QED) is 0.823. The second kappa shape index (κ2) is 6.38. The number of piperazine rings is 1. The van der Waals surface area contributed by atoms with E-state index in [-0.39, 0.29) is 6.03 Å². The van der Waals surface area contributed by atoms with Crippen molar-refractivity contribution >= 4 is 11.8 Å². The first-order chi connectivity index (χ1) is 9.63. The Labute approximate surface area is 117 Å². The molecule has 1 aliphatic rings. The van der Waals surface area contributed by atoms with Gasteiger partial charge in [-0.15, -0.1) is 0 Å². The van der Waals surface area contributed by atoms with Crippen molar-refractivity contribution in [3.8, 4) is 5.88 Å². The molecule has 110 valence electrons. The largest absolute Gasteiger partial charge is 0.481 e. The summed E-state index contributed by atoms with van der Waals surface area (Å²) in [5.41, 5.74) is 5.27. The molecule has 0 bridgehead atoms. The summed E-state index contributed by atoms with van der Waals surface area (Å²) in [6, 6.07) is 1.39. The number of nitrogens with two attached hydrogens (primary N) is 1. The van der Waals surface area contributed by atoms with E-state index >= 15 is 0 Å². The number of hydrogen-bond acceptors (Lipinski definition) is 6. The first-order valence-electron chi connectivity index (χ1n) is 6.34. The smallest absolute Gasteiger partial charge is 0.314 e. The van der Waals surface area contributed by atoms with Gasteiger partial charge in [0.05, 0.1) is 7.11 Å². The van der Waals surface area contributed by atoms with E-state index in [0.717, 1.165) is 5.82 Å². The van der Waals surface area contributed by atoms with E-state index in [1.807, 2.05) is 0 Å². The van der Waals surface area contributed by atoms with E-state index in [2.05, 4.69) is 14.9 Å². The van der Waals surface area contributed by atoms with Crippen molar-refractivity contribution in [3.63, 3.8) is 0 Å². The molecule has 1 fully saturated rings. The van der Waals surface area contributed by atoms with Gasteiger partial charge < -0.3 is 25.0 Å². The number of ether oxygens (including phenoxy) is 2. The molecule has 2 amide bonds. The molecule has 0 atom stereocenters. The molecule has 1 aliphatic heterocycles. The zero-order valence-electron chi connectivity index (χ0n) is 11.7. The summed E-state index contributed by atoms with van der Waals surface area (Å²) in [5, 5.41) is 0. The molecule has 1 saturated heterocycles. The Morgan fingerprint density at radius 3 is 2.55 bits per heavy atom. The fourth-order valence-electron chi connectivity index (χ4n) is 2.08. The van der Waals surface area contributed by atoms with E-state index in [9.17, 15) is 4.79 Å². The molecule has 8 nitrogen and oxygen atoms in total. The molecule has 0 radical (unpaired) electrons. The van der Waals surface area contributed by atoms with Crippen molar-refractivity contribution in [2.24, 2.45) is 5.73 Å². The predicted molar refractivity (Wildman–Crippen MR) is 72.7 cm³/mol. The van der Waals surface area contributed by atoms with Crippen molar-refractivity contribution in [2.75, 3.05) is 45.3 Å². The first kappa shape index (κ1) is 14.3. The lowest BCUT2D eigenvalue weighted by Crippen LogP contribution is -2.50. The minimum atomic E-state index is -0.384. The number of carbonyl (C=O) groups excluding carboxylic acids is 1. The Balaban J connectivity index is 2.12. The molecule has 2 rings (SSSR count). The maximum Gasteiger partial charge on any atom is 0.314 e. The summed E-state index contributed by atoms with van der Waals surface area (Å²) in [4.78, 5) is 23.4. The summed E-state index contributed by atoms with van der Waals surface area (Å²) in [6.45, 7) is 2.85. The van der Waals surface area contributed by atoms with Crippen LogP contribution in [0.25, 0.3) is 0 Å². The SMILES string of the molecule is COCc1nc(OC)cc(N2CCN(C(N)=O)CC2)n1. The number of primary amides is 1. The fourth-order valence-corrected chi connectivity index (χ4v) is 2.08. The molecule has 8 heteroatoms. The Morgan fingerprint density at radius 2 is 2.00 bits per heavy atom. The van der Waals surface area contributed by atoms with Crippen LogP contribution >= 0.6 is 0 Å². The average Bonchev–Trinajstić information content (AvgIpc) is 2.47. The van der Waals surface area contributed by atoms with Crippen molar-refractivity contribution < 1.29 is 14.3 Å². The number of carbonyl (C=O) groups is 1. The molecule has 0 spiro atoms. The molecule has 0 unspecified atom stereocenters. The summed E-state index contributed by atoms with van der Waals surface area (Å²) in [7, 11) is 3.15. The van der Waals surface area contributed by atoms with Gasteiger partial charge in [0.2, 0.25) is 5.88 Å². The number of nitrogens with zero attached hydrogens (tertiary/aromatic N) is 4. The van der Waals surface area contributed by atoms with Gasteiger partial charge in [-0.25, -0.2) is 9.78 Å². The maximum absolute atomic E-state index is 11.1. The Bertz CT molecular complexity index is 474. The average molecular weight is 281 g/mol. The van der Waals surface area contributed by atoms with Crippen molar-refractivity contribution in [1.82, 2.24) is 14.9 Å². The number of anilines is 1. The molecule has 20 heavy (non-hydrogen) atoms. The van der Waals surface area contributed by atoms with Crippen LogP contribution < -0.4 is 15.4 Å². The second-order valence-corrected chi connectivity index (χ2v) is 4.43. The fraction of sp³-hybridized carbons (Fsp3) is 0.583. The van der Waals surface area contributed by atoms with Crippen LogP contribution in [0.1, 0.15) is 5.82 Å². The molecule has 1 aromatic rings. The van der Waals surface area contributed by atoms with Gasteiger partial charge in [0.1, 0.15) is 12.4 Å². The Hall–Kier alpha value is -2.09. The third kappa shape index (κ3) is 3.27. The van der Waals surface area contributed by atoms with Crippen molar-refractivity contribution in [1.29, 1.82) is 0 Å². The molecule has 1 aromatic heterocycles. The number of methoxy groups -OCH3 is 2. The summed E-state index contributed by atoms with van der Waals surface area (Å²) >= 11 is 0. The first-order valence-corrected chi connectivity index (χ1v) is 6.34. The zero-order chi connectivity index (χ0) is 14.5. The second-order valence-electron chi connectivity index (χ2n) is 4.43. The topological polar surface area (TPSA) is 93.8 Å². The van der Waals surface area contributed by atoms with Gasteiger partial charge in [-0.1, -0.05) is 0 Å². The molecule has 0 aromatic carbocycles. The third-order valence-electron chi connectivity index (χ3n) is 3.13. The monoisotopic (exact) mass is 281 g/mol. The number of hydrogen-bond donors (Lipinski definition) is 1. The van der Waals surface area contributed by atoms with Gasteiger partial charge in [0.25, 0.3) is 0 Å². The van der Waals surface area contributed by atoms with Gasteiger partial charge in [-0.2, -0.15) is 4.98 Å². The van der Waals surface area contributed by atoms with Gasteiger partial charge in [-0.3, -0.25) is 0 Å². The van der Waals surface area contributed by atoms with Crippen LogP contribution in [0.5, 0.6) is 5.88 Å². The molecule has 2 heterocycles. The molecular weight excluding hydrogens is 262 g/mol. The number of rotatable bonds is 4. The highest BCUT2D eigenvalue weighted by Gasteiger charge is 2.21. The lowest BCUT2D eigenvalue weighted by Gasteiger charge is -2.34. The number of aromatic nitrogens is 2. The van der Waals surface area contributed by atoms with Crippen LogP contribution in [0, 0.1) is 0 Å². The van der Waals surface area contributed by atoms with E-state index < -0.39 is 0 Å². The van der Waals surface area contributed by atoms with Gasteiger partial charge in [0, 0.05) is 39.4 Å². The van der Waals surface area contributed by atoms with Gasteiger partial charge in [-0.05, 0) is 0 Å². The molecule has 0 saturated carbocycles. The van der Waals surface area contributed by atoms with E-state index in [0.29, 0.717) is 44.5 Å². The normalized spacial score (nSPS) is 15.3. The summed E-state index contributed by atoms with van der Waals surface area (Å²) in [6.07, 6.45) is 0. The highest BCUT2D eigenvalue weighted by Crippen LogP contribution is 2.19. The van der Waals surface area contributed by atoms with Crippen LogP contribution in [0.2, 0.25) is 0 Å². The Kier molecular flexibility index (Phi) is 4.57. The number of urea groups is 1. The van der Waals surface area contributed by atoms with Crippen molar-refractivity contribution in [2.45, 2.75) is 6.61 Å². The van der Waals surface area contributed by atoms with Crippen LogP contribution in [0.15, 0.2) is 6.07 Å². The van der Waals surface area contributed by atoms with Gasteiger partial charge in [0.15, 0.2) is 5.82 Å². The molecule has 2 N–H and O–H groups in total. The van der Waals surface area contributed by atoms with Crippen LogP contribution in [-0.2, 0) is 11.3 Å². The molecule has 0 aliphatic carbocycles. The van der Waals surface area contributed by atoms with Crippen LogP contribution in [0.3, 0.4) is 0 Å². The maximum atomic E-state index is 11.1. The Morgan fingerprint density at radius 1 is 1.30 bits per heavy atom. The van der Waals surface area contributed by atoms with E-state index in [1.165, 1.54) is 0 Å². The zero-order valence-corrected chi connectivity index (χ0v) is 11.7. The minimum Gasteiger partial charge on any atom is -0.481 e. The van der Waals surface area contributed by atoms with Crippen molar-refractivity contribution in [3.05, 3.63) is 11.9 Å². The summed E-state index contributed by atoms with van der Waals surface area (Å²) in [5.74, 6) is 1.84. The lowest BCUT2D eigenvalue weighted by molar-refractivity contribution is 0.176. The van der Waals surface area contributed by atoms with E-state index in [4.69, 9.17) is 15.2 Å². The van der Waals surface area contributed by atoms with Crippen LogP contribution in [0.4, 0.5) is 10.6 Å². The van der Waals surface area contributed by atoms with Gasteiger partial charge >= 0.3 is 6.03 Å². The van der Waals surface area contributed by atoms with Crippen LogP contribution in [-0.4, -0.2) is 61.3 Å². The predicted octanol–water partition coefficient (Wildman–Crippen LogP) is -0.168. The standard InChI is InChI=1S/C12H19N5O3/c1-19-8-9-14-10(7-11(15-9)20-2)16-3-5-17(6-4-16)12(13)18/h7H,3-6,8H2,1-2H3,(H2,13,18). The highest BCUT2D eigenvalue weighted by molar-refractivity contribution is 5.72. The third-order valence-corrected chi connectivity index (χ3v) is 3.13. The lowest BCUT2D eigenvalue weighted by atomic mass is 10.3. The summed E-state index contributed by atoms with van der Waals surface area (Å²) < 4.78 is 10.2. The minimum absolute atomic E-state index is 0.325. The number of amides is 2. The molecular formula is C12H19N5O3.